The van der Waals surface area contributed by atoms with Gasteiger partial charge in [-0.2, -0.15) is 0 Å². The van der Waals surface area contributed by atoms with Crippen LogP contribution < -0.4 is 5.32 Å². The van der Waals surface area contributed by atoms with Crippen molar-refractivity contribution < 1.29 is 47.8 Å². The molecule has 0 aromatic carbocycles. The molecule has 3 atom stereocenters. The van der Waals surface area contributed by atoms with Gasteiger partial charge in [0, 0.05) is 12.8 Å². The monoisotopic (exact) mass is 736 g/mol. The number of esters is 1. The second kappa shape index (κ2) is 34.6. The van der Waals surface area contributed by atoms with Crippen LogP contribution in [-0.4, -0.2) is 64.9 Å². The number of phosphoric ester groups is 1. The molecule has 0 bridgehead atoms. The van der Waals surface area contributed by atoms with Crippen LogP contribution in [0.4, 0.5) is 0 Å². The topological polar surface area (TPSA) is 169 Å². The number of carbonyl (C=O) groups is 3. The van der Waals surface area contributed by atoms with E-state index >= 15 is 0 Å². The maximum atomic E-state index is 12.2. The molecule has 0 aliphatic rings. The third kappa shape index (κ3) is 33.6. The maximum Gasteiger partial charge on any atom is 0.472 e. The summed E-state index contributed by atoms with van der Waals surface area (Å²) in [5.74, 6) is -2.37. The predicted molar refractivity (Wildman–Crippen MR) is 199 cm³/mol. The van der Waals surface area contributed by atoms with Crippen molar-refractivity contribution in [1.29, 1.82) is 0 Å². The van der Waals surface area contributed by atoms with E-state index in [-0.39, 0.29) is 12.8 Å². The summed E-state index contributed by atoms with van der Waals surface area (Å²) in [6, 6.07) is -1.54. The fourth-order valence-corrected chi connectivity index (χ4v) is 6.50. The molecule has 0 rings (SSSR count). The Morgan fingerprint density at radius 2 is 0.920 bits per heavy atom. The first kappa shape index (κ1) is 48.5. The molecular weight excluding hydrogens is 661 g/mol. The van der Waals surface area contributed by atoms with Crippen LogP contribution in [0.2, 0.25) is 0 Å². The average molecular weight is 736 g/mol. The van der Waals surface area contributed by atoms with Gasteiger partial charge in [0.2, 0.25) is 5.91 Å². The van der Waals surface area contributed by atoms with Crippen molar-refractivity contribution in [2.45, 2.75) is 206 Å². The van der Waals surface area contributed by atoms with Gasteiger partial charge in [0.25, 0.3) is 0 Å². The first-order chi connectivity index (χ1) is 24.1. The molecule has 0 fully saturated rings. The maximum absolute atomic E-state index is 12.2. The lowest BCUT2D eigenvalue weighted by Crippen LogP contribution is -2.43. The second-order valence-electron chi connectivity index (χ2n) is 13.8. The SMILES string of the molecule is CCCCCCCCCCCCCCCCCCCCCC(=O)OCC(O)COP(=O)(O)OCC(NC(=O)CCCCCCCCC)C(=O)O. The molecule has 0 aromatic rings. The zero-order valence-electron chi connectivity index (χ0n) is 31.7. The number of phosphoric acid groups is 1. The van der Waals surface area contributed by atoms with E-state index in [4.69, 9.17) is 13.8 Å². The molecule has 0 spiro atoms. The van der Waals surface area contributed by atoms with Crippen molar-refractivity contribution >= 4 is 25.7 Å². The molecule has 4 N–H and O–H groups in total. The fourth-order valence-electron chi connectivity index (χ4n) is 5.73. The highest BCUT2D eigenvalue weighted by molar-refractivity contribution is 7.47. The molecule has 12 heteroatoms. The number of carboxylic acids is 1. The number of ether oxygens (including phenoxy) is 1. The lowest BCUT2D eigenvalue weighted by molar-refractivity contribution is -0.147. The quantitative estimate of drug-likeness (QED) is 0.0272. The van der Waals surface area contributed by atoms with Gasteiger partial charge in [-0.1, -0.05) is 168 Å². The summed E-state index contributed by atoms with van der Waals surface area (Å²) >= 11 is 0. The van der Waals surface area contributed by atoms with Gasteiger partial charge in [-0.15, -0.1) is 0 Å². The number of carboxylic acid groups (broad SMARTS) is 1. The number of aliphatic hydroxyl groups excluding tert-OH is 1. The molecule has 11 nitrogen and oxygen atoms in total. The van der Waals surface area contributed by atoms with E-state index in [0.717, 1.165) is 51.4 Å². The van der Waals surface area contributed by atoms with Crippen LogP contribution in [0.3, 0.4) is 0 Å². The lowest BCUT2D eigenvalue weighted by Gasteiger charge is -2.18. The standard InChI is InChI=1S/C38H74NO10P/c1-3-5-7-9-11-12-13-14-15-16-17-18-19-20-21-22-24-26-28-30-37(42)47-31-34(40)32-48-50(45,46)49-33-35(38(43)44)39-36(41)29-27-25-23-10-8-6-4-2/h34-35,40H,3-33H2,1-2H3,(H,39,41)(H,43,44)(H,45,46). The van der Waals surface area contributed by atoms with E-state index in [2.05, 4.69) is 19.2 Å². The number of amides is 1. The van der Waals surface area contributed by atoms with Gasteiger partial charge in [-0.3, -0.25) is 18.6 Å². The molecular formula is C38H74NO10P. The smallest absolute Gasteiger partial charge is 0.472 e. The first-order valence-corrected chi connectivity index (χ1v) is 21.6. The highest BCUT2D eigenvalue weighted by Crippen LogP contribution is 2.43. The summed E-state index contributed by atoms with van der Waals surface area (Å²) in [4.78, 5) is 45.5. The Labute approximate surface area is 304 Å². The summed E-state index contributed by atoms with van der Waals surface area (Å²) in [5.41, 5.74) is 0. The van der Waals surface area contributed by atoms with E-state index in [0.29, 0.717) is 12.8 Å². The van der Waals surface area contributed by atoms with Gasteiger partial charge in [0.1, 0.15) is 12.7 Å². The third-order valence-corrected chi connectivity index (χ3v) is 9.85. The summed E-state index contributed by atoms with van der Waals surface area (Å²) in [5, 5.41) is 21.7. The number of hydrogen-bond acceptors (Lipinski definition) is 8. The average Bonchev–Trinajstić information content (AvgIpc) is 3.08. The number of aliphatic carboxylic acids is 1. The molecule has 0 aliphatic carbocycles. The van der Waals surface area contributed by atoms with Gasteiger partial charge in [0.15, 0.2) is 6.04 Å². The molecule has 0 radical (unpaired) electrons. The van der Waals surface area contributed by atoms with Crippen LogP contribution >= 0.6 is 7.82 Å². The second-order valence-corrected chi connectivity index (χ2v) is 15.3. The normalized spacial score (nSPS) is 13.8. The van der Waals surface area contributed by atoms with Crippen molar-refractivity contribution in [3.63, 3.8) is 0 Å². The highest BCUT2D eigenvalue weighted by atomic mass is 31.2. The molecule has 0 aromatic heterocycles. The summed E-state index contributed by atoms with van der Waals surface area (Å²) in [6.07, 6.45) is 30.3. The minimum absolute atomic E-state index is 0.148. The Morgan fingerprint density at radius 3 is 1.32 bits per heavy atom. The zero-order chi connectivity index (χ0) is 37.1. The van der Waals surface area contributed by atoms with E-state index < -0.39 is 57.6 Å². The Bertz CT molecular complexity index is 875. The van der Waals surface area contributed by atoms with Crippen LogP contribution in [0.15, 0.2) is 0 Å². The number of rotatable bonds is 38. The van der Waals surface area contributed by atoms with Gasteiger partial charge in [-0.05, 0) is 12.8 Å². The lowest BCUT2D eigenvalue weighted by atomic mass is 10.0. The zero-order valence-corrected chi connectivity index (χ0v) is 32.6. The van der Waals surface area contributed by atoms with E-state index in [1.54, 1.807) is 0 Å². The Hall–Kier alpha value is -1.52. The Balaban J connectivity index is 3.80. The van der Waals surface area contributed by atoms with Gasteiger partial charge in [-0.25, -0.2) is 9.36 Å². The van der Waals surface area contributed by atoms with Crippen LogP contribution in [-0.2, 0) is 32.7 Å². The minimum Gasteiger partial charge on any atom is -0.480 e. The summed E-state index contributed by atoms with van der Waals surface area (Å²) in [7, 11) is -4.74. The number of aliphatic hydroxyl groups is 1. The highest BCUT2D eigenvalue weighted by Gasteiger charge is 2.28. The van der Waals surface area contributed by atoms with Crippen molar-refractivity contribution in [3.05, 3.63) is 0 Å². The number of hydrogen-bond donors (Lipinski definition) is 4. The largest absolute Gasteiger partial charge is 0.480 e. The van der Waals surface area contributed by atoms with Crippen LogP contribution in [0.25, 0.3) is 0 Å². The van der Waals surface area contributed by atoms with Crippen molar-refractivity contribution in [2.24, 2.45) is 0 Å². The van der Waals surface area contributed by atoms with Crippen LogP contribution in [0.1, 0.15) is 194 Å². The molecule has 0 aliphatic heterocycles. The molecule has 3 unspecified atom stereocenters. The first-order valence-electron chi connectivity index (χ1n) is 20.1. The van der Waals surface area contributed by atoms with Gasteiger partial charge < -0.3 is 25.2 Å². The predicted octanol–water partition coefficient (Wildman–Crippen LogP) is 9.56. The number of unbranched alkanes of at least 4 members (excludes halogenated alkanes) is 24. The van der Waals surface area contributed by atoms with Crippen LogP contribution in [0.5, 0.6) is 0 Å². The van der Waals surface area contributed by atoms with E-state index in [1.165, 1.54) is 103 Å². The van der Waals surface area contributed by atoms with Crippen molar-refractivity contribution in [3.8, 4) is 0 Å². The fraction of sp³-hybridized carbons (Fsp3) is 0.921. The van der Waals surface area contributed by atoms with Crippen molar-refractivity contribution in [1.82, 2.24) is 5.32 Å². The molecule has 296 valence electrons. The Kier molecular flexibility index (Phi) is 33.5. The Morgan fingerprint density at radius 1 is 0.560 bits per heavy atom. The number of carbonyl (C=O) groups excluding carboxylic acids is 2. The molecule has 50 heavy (non-hydrogen) atoms. The number of nitrogens with one attached hydrogen (secondary N) is 1. The van der Waals surface area contributed by atoms with Crippen LogP contribution in [0, 0.1) is 0 Å². The van der Waals surface area contributed by atoms with Gasteiger partial charge >= 0.3 is 19.8 Å². The van der Waals surface area contributed by atoms with E-state index in [1.807, 2.05) is 0 Å². The summed E-state index contributed by atoms with van der Waals surface area (Å²) < 4.78 is 26.7. The third-order valence-electron chi connectivity index (χ3n) is 8.90. The molecule has 0 saturated carbocycles. The minimum atomic E-state index is -4.74. The molecule has 0 heterocycles. The van der Waals surface area contributed by atoms with E-state index in [9.17, 15) is 34.1 Å². The molecule has 1 amide bonds. The molecule has 0 saturated heterocycles. The van der Waals surface area contributed by atoms with Crippen molar-refractivity contribution in [2.75, 3.05) is 19.8 Å². The van der Waals surface area contributed by atoms with Gasteiger partial charge in [0.05, 0.1) is 13.2 Å². The summed E-state index contributed by atoms with van der Waals surface area (Å²) in [6.45, 7) is 2.53.